The van der Waals surface area contributed by atoms with Crippen molar-refractivity contribution in [1.29, 1.82) is 0 Å². The lowest BCUT2D eigenvalue weighted by Gasteiger charge is -2.14. The minimum absolute atomic E-state index is 0.898. The summed E-state index contributed by atoms with van der Waals surface area (Å²) in [7, 11) is 0. The molecule has 1 fully saturated rings. The van der Waals surface area contributed by atoms with Crippen LogP contribution in [0.1, 0.15) is 25.7 Å². The summed E-state index contributed by atoms with van der Waals surface area (Å²) in [6.45, 7) is 0. The van der Waals surface area contributed by atoms with Gasteiger partial charge >= 0.3 is 0 Å². The average Bonchev–Trinajstić information content (AvgIpc) is 2.33. The van der Waals surface area contributed by atoms with Crippen LogP contribution in [0.25, 0.3) is 0 Å². The molecule has 0 spiro atoms. The lowest BCUT2D eigenvalue weighted by Crippen LogP contribution is -2.05. The second-order valence-electron chi connectivity index (χ2n) is 3.13. The third-order valence-electron chi connectivity index (χ3n) is 2.57. The van der Waals surface area contributed by atoms with Crippen LogP contribution in [0.2, 0.25) is 0 Å². The second kappa shape index (κ2) is 2.04. The number of hydrogen-bond donors (Lipinski definition) is 0. The Labute approximate surface area is 56.3 Å². The molecule has 0 aromatic rings. The highest BCUT2D eigenvalue weighted by molar-refractivity contribution is 5.02. The summed E-state index contributed by atoms with van der Waals surface area (Å²) in [6, 6.07) is 0. The number of fused-ring (bicyclic) bond motifs is 1. The van der Waals surface area contributed by atoms with Crippen molar-refractivity contribution in [3.05, 3.63) is 17.9 Å². The molecule has 0 radical (unpaired) electrons. The van der Waals surface area contributed by atoms with Crippen LogP contribution in [0.3, 0.4) is 0 Å². The van der Waals surface area contributed by atoms with Crippen LogP contribution < -0.4 is 0 Å². The van der Waals surface area contributed by atoms with Gasteiger partial charge < -0.3 is 0 Å². The summed E-state index contributed by atoms with van der Waals surface area (Å²) in [5.41, 5.74) is 3.21. The van der Waals surface area contributed by atoms with Gasteiger partial charge in [0.15, 0.2) is 0 Å². The normalized spacial score (nSPS) is 39.1. The van der Waals surface area contributed by atoms with E-state index in [1.54, 1.807) is 0 Å². The van der Waals surface area contributed by atoms with Crippen molar-refractivity contribution in [2.45, 2.75) is 25.7 Å². The minimum Gasteiger partial charge on any atom is -0.129 e. The standard InChI is InChI=1S/C9H12/c1-2-5-9-7-3-6-8(9)4-1/h1,5,8-9H,3-4,6-7H2/t8-,9+/m0/s1. The van der Waals surface area contributed by atoms with Crippen molar-refractivity contribution in [1.82, 2.24) is 0 Å². The van der Waals surface area contributed by atoms with E-state index in [0.29, 0.717) is 0 Å². The van der Waals surface area contributed by atoms with Gasteiger partial charge in [-0.15, -0.1) is 5.73 Å². The lowest BCUT2D eigenvalue weighted by atomic mass is 9.90. The molecule has 2 atom stereocenters. The molecule has 2 aliphatic carbocycles. The third-order valence-corrected chi connectivity index (χ3v) is 2.57. The quantitative estimate of drug-likeness (QED) is 0.431. The molecule has 0 amide bonds. The molecule has 0 bridgehead atoms. The van der Waals surface area contributed by atoms with Crippen molar-refractivity contribution in [3.8, 4) is 0 Å². The van der Waals surface area contributed by atoms with Crippen LogP contribution in [0.5, 0.6) is 0 Å². The molecule has 0 heteroatoms. The molecule has 48 valence electrons. The Morgan fingerprint density at radius 1 is 1.33 bits per heavy atom. The Hall–Kier alpha value is -0.480. The molecule has 0 heterocycles. The van der Waals surface area contributed by atoms with Crippen molar-refractivity contribution in [3.63, 3.8) is 0 Å². The molecule has 0 aliphatic heterocycles. The van der Waals surface area contributed by atoms with Gasteiger partial charge in [-0.3, -0.25) is 0 Å². The van der Waals surface area contributed by atoms with E-state index in [2.05, 4.69) is 17.9 Å². The average molecular weight is 120 g/mol. The molecule has 0 nitrogen and oxygen atoms in total. The molecular formula is C9H12. The Morgan fingerprint density at radius 3 is 3.22 bits per heavy atom. The van der Waals surface area contributed by atoms with E-state index >= 15 is 0 Å². The van der Waals surface area contributed by atoms with Crippen LogP contribution in [-0.2, 0) is 0 Å². The van der Waals surface area contributed by atoms with E-state index in [0.717, 1.165) is 11.8 Å². The number of allylic oxidation sites excluding steroid dienone is 1. The topological polar surface area (TPSA) is 0 Å². The van der Waals surface area contributed by atoms with E-state index < -0.39 is 0 Å². The molecule has 2 aliphatic rings. The predicted molar refractivity (Wildman–Crippen MR) is 38.1 cm³/mol. The molecule has 2 rings (SSSR count). The molecule has 0 saturated heterocycles. The van der Waals surface area contributed by atoms with Crippen LogP contribution >= 0.6 is 0 Å². The molecule has 0 unspecified atom stereocenters. The first kappa shape index (κ1) is 5.32. The predicted octanol–water partition coefficient (Wildman–Crippen LogP) is 2.52. The van der Waals surface area contributed by atoms with E-state index in [-0.39, 0.29) is 0 Å². The fourth-order valence-electron chi connectivity index (χ4n) is 1.99. The Bertz CT molecular complexity index is 161. The fourth-order valence-corrected chi connectivity index (χ4v) is 1.99. The van der Waals surface area contributed by atoms with Crippen molar-refractivity contribution < 1.29 is 0 Å². The van der Waals surface area contributed by atoms with Gasteiger partial charge in [-0.1, -0.05) is 6.42 Å². The van der Waals surface area contributed by atoms with Gasteiger partial charge in [0, 0.05) is 0 Å². The van der Waals surface area contributed by atoms with Crippen molar-refractivity contribution >= 4 is 0 Å². The first-order valence-electron chi connectivity index (χ1n) is 3.88. The fraction of sp³-hybridized carbons (Fsp3) is 0.667. The number of rotatable bonds is 0. The maximum atomic E-state index is 3.21. The van der Waals surface area contributed by atoms with Gasteiger partial charge in [0.2, 0.25) is 0 Å². The maximum Gasteiger partial charge on any atom is -0.0126 e. The van der Waals surface area contributed by atoms with E-state index in [1.807, 2.05) is 0 Å². The molecule has 0 N–H and O–H groups in total. The van der Waals surface area contributed by atoms with E-state index in [4.69, 9.17) is 0 Å². The SMILES string of the molecule is C1=CC[C@H]2CCC[C@H]2C=1. The smallest absolute Gasteiger partial charge is 0.0126 e. The molecular weight excluding hydrogens is 108 g/mol. The molecule has 1 saturated carbocycles. The number of hydrogen-bond acceptors (Lipinski definition) is 0. The molecule has 0 aromatic carbocycles. The lowest BCUT2D eigenvalue weighted by molar-refractivity contribution is 0.457. The first-order chi connectivity index (χ1) is 4.47. The van der Waals surface area contributed by atoms with Crippen LogP contribution in [0.4, 0.5) is 0 Å². The molecule has 0 aromatic heterocycles. The Kier molecular flexibility index (Phi) is 1.20. The van der Waals surface area contributed by atoms with Gasteiger partial charge in [-0.05, 0) is 43.3 Å². The van der Waals surface area contributed by atoms with Gasteiger partial charge in [0.1, 0.15) is 0 Å². The van der Waals surface area contributed by atoms with Gasteiger partial charge in [0.25, 0.3) is 0 Å². The summed E-state index contributed by atoms with van der Waals surface area (Å²) >= 11 is 0. The summed E-state index contributed by atoms with van der Waals surface area (Å²) < 4.78 is 0. The second-order valence-corrected chi connectivity index (χ2v) is 3.13. The van der Waals surface area contributed by atoms with Gasteiger partial charge in [0.05, 0.1) is 0 Å². The summed E-state index contributed by atoms with van der Waals surface area (Å²) in [5.74, 6) is 1.89. The van der Waals surface area contributed by atoms with Gasteiger partial charge in [-0.25, -0.2) is 0 Å². The Balaban J connectivity index is 2.18. The Morgan fingerprint density at radius 2 is 2.33 bits per heavy atom. The highest BCUT2D eigenvalue weighted by Crippen LogP contribution is 2.36. The summed E-state index contributed by atoms with van der Waals surface area (Å²) in [4.78, 5) is 0. The van der Waals surface area contributed by atoms with Crippen LogP contribution in [0.15, 0.2) is 17.9 Å². The van der Waals surface area contributed by atoms with Crippen LogP contribution in [0, 0.1) is 11.8 Å². The van der Waals surface area contributed by atoms with Crippen LogP contribution in [-0.4, -0.2) is 0 Å². The third kappa shape index (κ3) is 0.840. The van der Waals surface area contributed by atoms with Gasteiger partial charge in [-0.2, -0.15) is 0 Å². The maximum absolute atomic E-state index is 3.21. The minimum atomic E-state index is 0.898. The highest BCUT2D eigenvalue weighted by atomic mass is 14.3. The molecule has 9 heavy (non-hydrogen) atoms. The largest absolute Gasteiger partial charge is 0.129 e. The zero-order chi connectivity index (χ0) is 6.10. The highest BCUT2D eigenvalue weighted by Gasteiger charge is 2.24. The zero-order valence-electron chi connectivity index (χ0n) is 5.64. The monoisotopic (exact) mass is 120 g/mol. The van der Waals surface area contributed by atoms with Crippen molar-refractivity contribution in [2.75, 3.05) is 0 Å². The first-order valence-corrected chi connectivity index (χ1v) is 3.88. The summed E-state index contributed by atoms with van der Waals surface area (Å²) in [5, 5.41) is 0. The van der Waals surface area contributed by atoms with E-state index in [1.165, 1.54) is 25.7 Å². The summed E-state index contributed by atoms with van der Waals surface area (Å²) in [6.07, 6.45) is 10.1. The van der Waals surface area contributed by atoms with E-state index in [9.17, 15) is 0 Å². The van der Waals surface area contributed by atoms with Crippen molar-refractivity contribution in [2.24, 2.45) is 11.8 Å². The zero-order valence-corrected chi connectivity index (χ0v) is 5.64.